The minimum atomic E-state index is -0.877. The molecule has 1 aliphatic rings. The van der Waals surface area contributed by atoms with Crippen LogP contribution in [0.1, 0.15) is 53.5 Å². The van der Waals surface area contributed by atoms with Crippen molar-refractivity contribution in [2.24, 2.45) is 0 Å². The zero-order valence-electron chi connectivity index (χ0n) is 19.7. The lowest BCUT2D eigenvalue weighted by Gasteiger charge is -2.35. The third-order valence-corrected chi connectivity index (χ3v) is 4.68. The number of benzene rings is 1. The van der Waals surface area contributed by atoms with Crippen LogP contribution < -0.4 is 9.47 Å². The van der Waals surface area contributed by atoms with Crippen LogP contribution in [-0.4, -0.2) is 72.5 Å². The smallest absolute Gasteiger partial charge is 0.411 e. The van der Waals surface area contributed by atoms with Crippen molar-refractivity contribution in [2.75, 3.05) is 34.0 Å². The number of methoxy groups -OCH3 is 2. The summed E-state index contributed by atoms with van der Waals surface area (Å²) in [7, 11) is 2.46. The van der Waals surface area contributed by atoms with E-state index < -0.39 is 29.7 Å². The molecule has 3 rings (SSSR count). The van der Waals surface area contributed by atoms with Crippen molar-refractivity contribution >= 4 is 18.0 Å². The molecule has 2 heterocycles. The van der Waals surface area contributed by atoms with Gasteiger partial charge in [0.1, 0.15) is 11.6 Å². The number of carbonyl (C=O) groups excluding carboxylic acids is 3. The molecule has 1 amide bonds. The Kier molecular flexibility index (Phi) is 7.67. The Morgan fingerprint density at radius 3 is 2.38 bits per heavy atom. The topological polar surface area (TPSA) is 126 Å². The highest BCUT2D eigenvalue weighted by molar-refractivity contribution is 5.95. The molecular weight excluding hydrogens is 446 g/mol. The normalized spacial score (nSPS) is 15.9. The second-order valence-electron chi connectivity index (χ2n) is 8.28. The highest BCUT2D eigenvalue weighted by Gasteiger charge is 2.36. The van der Waals surface area contributed by atoms with Gasteiger partial charge in [0, 0.05) is 6.54 Å². The monoisotopic (exact) mass is 473 g/mol. The minimum Gasteiger partial charge on any atom is -0.478 e. The number of hydrogen-bond donors (Lipinski definition) is 0. The fourth-order valence-electron chi connectivity index (χ4n) is 3.14. The minimum absolute atomic E-state index is 0.0438. The van der Waals surface area contributed by atoms with E-state index in [0.29, 0.717) is 6.61 Å². The van der Waals surface area contributed by atoms with E-state index in [-0.39, 0.29) is 41.9 Å². The van der Waals surface area contributed by atoms with E-state index in [9.17, 15) is 14.4 Å². The highest BCUT2D eigenvalue weighted by atomic mass is 16.6. The summed E-state index contributed by atoms with van der Waals surface area (Å²) in [5.74, 6) is -2.05. The highest BCUT2D eigenvalue weighted by Crippen LogP contribution is 2.33. The van der Waals surface area contributed by atoms with Crippen LogP contribution in [0.15, 0.2) is 30.3 Å². The predicted octanol–water partition coefficient (Wildman–Crippen LogP) is 2.80. The molecule has 11 heteroatoms. The molecule has 34 heavy (non-hydrogen) atoms. The Bertz CT molecular complexity index is 1050. The lowest BCUT2D eigenvalue weighted by molar-refractivity contribution is -0.0352. The van der Waals surface area contributed by atoms with Gasteiger partial charge in [0.2, 0.25) is 5.75 Å². The first-order chi connectivity index (χ1) is 16.1. The summed E-state index contributed by atoms with van der Waals surface area (Å²) in [6.07, 6.45) is -0.581. The third kappa shape index (κ3) is 5.79. The fourth-order valence-corrected chi connectivity index (χ4v) is 3.14. The average Bonchev–Trinajstić information content (AvgIpc) is 2.83. The maximum Gasteiger partial charge on any atom is 0.411 e. The summed E-state index contributed by atoms with van der Waals surface area (Å²) in [5, 5.41) is 0. The molecule has 182 valence electrons. The summed E-state index contributed by atoms with van der Waals surface area (Å²) in [6, 6.07) is 7.42. The average molecular weight is 473 g/mol. The van der Waals surface area contributed by atoms with E-state index in [4.69, 9.17) is 23.7 Å². The Morgan fingerprint density at radius 1 is 1.06 bits per heavy atom. The van der Waals surface area contributed by atoms with Gasteiger partial charge in [-0.3, -0.25) is 4.90 Å². The zero-order chi connectivity index (χ0) is 24.9. The van der Waals surface area contributed by atoms with Gasteiger partial charge in [-0.2, -0.15) is 4.98 Å². The van der Waals surface area contributed by atoms with Crippen molar-refractivity contribution in [3.8, 4) is 11.6 Å². The van der Waals surface area contributed by atoms with Crippen LogP contribution in [0.2, 0.25) is 0 Å². The predicted molar refractivity (Wildman–Crippen MR) is 118 cm³/mol. The zero-order valence-corrected chi connectivity index (χ0v) is 19.7. The number of amides is 1. The standard InChI is InChI=1S/C23H27N3O8/c1-23(2,3)34-22(29)26-11-12-32-13-15(26)18-24-16(21(28)31-5)17(19(25-18)30-4)33-20(27)14-9-7-6-8-10-14/h6-10,15H,11-13H2,1-5H3. The van der Waals surface area contributed by atoms with E-state index in [1.54, 1.807) is 51.1 Å². The van der Waals surface area contributed by atoms with Crippen molar-refractivity contribution in [3.05, 3.63) is 47.4 Å². The lowest BCUT2D eigenvalue weighted by atomic mass is 10.2. The van der Waals surface area contributed by atoms with Gasteiger partial charge in [0.15, 0.2) is 11.5 Å². The van der Waals surface area contributed by atoms with Gasteiger partial charge in [-0.05, 0) is 32.9 Å². The maximum atomic E-state index is 12.8. The molecule has 1 aliphatic heterocycles. The van der Waals surface area contributed by atoms with Crippen LogP contribution in [0.25, 0.3) is 0 Å². The van der Waals surface area contributed by atoms with Crippen LogP contribution in [0.5, 0.6) is 11.6 Å². The van der Waals surface area contributed by atoms with E-state index >= 15 is 0 Å². The molecule has 11 nitrogen and oxygen atoms in total. The second kappa shape index (κ2) is 10.5. The lowest BCUT2D eigenvalue weighted by Crippen LogP contribution is -2.46. The Hall–Kier alpha value is -3.73. The summed E-state index contributed by atoms with van der Waals surface area (Å²) in [4.78, 5) is 48.0. The molecule has 2 aromatic rings. The number of nitrogens with zero attached hydrogens (tertiary/aromatic N) is 3. The molecule has 0 saturated carbocycles. The van der Waals surface area contributed by atoms with Crippen LogP contribution in [0, 0.1) is 0 Å². The molecule has 1 unspecified atom stereocenters. The van der Waals surface area contributed by atoms with Gasteiger partial charge in [-0.1, -0.05) is 18.2 Å². The fraction of sp³-hybridized carbons (Fsp3) is 0.435. The SMILES string of the molecule is COC(=O)c1nc(C2COCCN2C(=O)OC(C)(C)C)nc(OC)c1OC(=O)c1ccccc1. The van der Waals surface area contributed by atoms with Gasteiger partial charge in [0.05, 0.1) is 33.0 Å². The number of aromatic nitrogens is 2. The number of esters is 2. The molecular formula is C23H27N3O8. The van der Waals surface area contributed by atoms with Crippen LogP contribution >= 0.6 is 0 Å². The Labute approximate surface area is 196 Å². The Morgan fingerprint density at radius 2 is 1.76 bits per heavy atom. The molecule has 1 atom stereocenters. The van der Waals surface area contributed by atoms with Crippen molar-refractivity contribution in [1.29, 1.82) is 0 Å². The molecule has 0 N–H and O–H groups in total. The van der Waals surface area contributed by atoms with Gasteiger partial charge >= 0.3 is 18.0 Å². The molecule has 1 fully saturated rings. The van der Waals surface area contributed by atoms with Crippen LogP contribution in [-0.2, 0) is 14.2 Å². The van der Waals surface area contributed by atoms with Gasteiger partial charge in [0.25, 0.3) is 5.88 Å². The number of carbonyl (C=O) groups is 3. The summed E-state index contributed by atoms with van der Waals surface area (Å²) < 4.78 is 26.6. The molecule has 0 spiro atoms. The number of morpholine rings is 1. The molecule has 1 aromatic heterocycles. The molecule has 1 aromatic carbocycles. The molecule has 1 saturated heterocycles. The van der Waals surface area contributed by atoms with Crippen molar-refractivity contribution < 1.29 is 38.1 Å². The van der Waals surface area contributed by atoms with Crippen molar-refractivity contribution in [2.45, 2.75) is 32.4 Å². The van der Waals surface area contributed by atoms with Gasteiger partial charge in [-0.25, -0.2) is 19.4 Å². The third-order valence-electron chi connectivity index (χ3n) is 4.68. The molecule has 0 bridgehead atoms. The number of ether oxygens (including phenoxy) is 5. The van der Waals surface area contributed by atoms with Gasteiger partial charge < -0.3 is 23.7 Å². The first-order valence-electron chi connectivity index (χ1n) is 10.5. The summed E-state index contributed by atoms with van der Waals surface area (Å²) in [6.45, 7) is 5.85. The van der Waals surface area contributed by atoms with E-state index in [0.717, 1.165) is 7.11 Å². The van der Waals surface area contributed by atoms with Crippen molar-refractivity contribution in [3.63, 3.8) is 0 Å². The first-order valence-corrected chi connectivity index (χ1v) is 10.5. The second-order valence-corrected chi connectivity index (χ2v) is 8.28. The van der Waals surface area contributed by atoms with E-state index in [2.05, 4.69) is 9.97 Å². The van der Waals surface area contributed by atoms with E-state index in [1.807, 2.05) is 0 Å². The molecule has 0 radical (unpaired) electrons. The maximum absolute atomic E-state index is 12.8. The van der Waals surface area contributed by atoms with E-state index in [1.165, 1.54) is 12.0 Å². The summed E-state index contributed by atoms with van der Waals surface area (Å²) >= 11 is 0. The van der Waals surface area contributed by atoms with Crippen molar-refractivity contribution in [1.82, 2.24) is 14.9 Å². The van der Waals surface area contributed by atoms with Gasteiger partial charge in [-0.15, -0.1) is 0 Å². The Balaban J connectivity index is 2.02. The largest absolute Gasteiger partial charge is 0.478 e. The number of hydrogen-bond acceptors (Lipinski definition) is 10. The molecule has 0 aliphatic carbocycles. The number of rotatable bonds is 5. The van der Waals surface area contributed by atoms with Crippen LogP contribution in [0.3, 0.4) is 0 Å². The first kappa shape index (κ1) is 24.9. The summed E-state index contributed by atoms with van der Waals surface area (Å²) in [5.41, 5.74) is -0.796. The van der Waals surface area contributed by atoms with Crippen LogP contribution in [0.4, 0.5) is 4.79 Å². The quantitative estimate of drug-likeness (QED) is 0.598.